The molecular formula is C13H26N2O2. The van der Waals surface area contributed by atoms with E-state index in [1.807, 2.05) is 4.90 Å². The van der Waals surface area contributed by atoms with Crippen LogP contribution in [0.3, 0.4) is 0 Å². The Morgan fingerprint density at radius 3 is 2.88 bits per heavy atom. The van der Waals surface area contributed by atoms with E-state index in [0.717, 1.165) is 51.8 Å². The van der Waals surface area contributed by atoms with Gasteiger partial charge in [-0.1, -0.05) is 20.3 Å². The highest BCUT2D eigenvalue weighted by molar-refractivity contribution is 5.81. The average Bonchev–Trinajstić information content (AvgIpc) is 2.36. The lowest BCUT2D eigenvalue weighted by Crippen LogP contribution is -2.49. The summed E-state index contributed by atoms with van der Waals surface area (Å²) in [4.78, 5) is 13.9. The highest BCUT2D eigenvalue weighted by Gasteiger charge is 2.26. The Bertz CT molecular complexity index is 233. The third kappa shape index (κ3) is 4.64. The van der Waals surface area contributed by atoms with Crippen LogP contribution >= 0.6 is 0 Å². The summed E-state index contributed by atoms with van der Waals surface area (Å²) in [6.07, 6.45) is 5.05. The number of amides is 1. The summed E-state index contributed by atoms with van der Waals surface area (Å²) < 4.78 is 5.72. The summed E-state index contributed by atoms with van der Waals surface area (Å²) in [7, 11) is 0. The quantitative estimate of drug-likeness (QED) is 0.768. The molecule has 1 saturated heterocycles. The van der Waals surface area contributed by atoms with E-state index in [0.29, 0.717) is 0 Å². The number of nitrogens with zero attached hydrogens (tertiary/aromatic N) is 1. The summed E-state index contributed by atoms with van der Waals surface area (Å²) in [5.41, 5.74) is 5.87. The van der Waals surface area contributed by atoms with Crippen molar-refractivity contribution in [1.82, 2.24) is 4.90 Å². The van der Waals surface area contributed by atoms with Gasteiger partial charge in [0.25, 0.3) is 0 Å². The van der Waals surface area contributed by atoms with Gasteiger partial charge in [0, 0.05) is 19.7 Å². The standard InChI is InChI=1S/C13H26N2O2/c1-3-6-12(14)13(16)15-8-5-7-11(10-15)17-9-4-2/h11-12H,3-10,14H2,1-2H3/t11?,12-/m0/s1. The lowest BCUT2D eigenvalue weighted by molar-refractivity contribution is -0.136. The largest absolute Gasteiger partial charge is 0.376 e. The van der Waals surface area contributed by atoms with E-state index in [1.54, 1.807) is 0 Å². The highest BCUT2D eigenvalue weighted by atomic mass is 16.5. The van der Waals surface area contributed by atoms with Gasteiger partial charge in [-0.25, -0.2) is 0 Å². The predicted molar refractivity (Wildman–Crippen MR) is 68.7 cm³/mol. The second-order valence-electron chi connectivity index (χ2n) is 4.81. The Hall–Kier alpha value is -0.610. The number of hydrogen-bond donors (Lipinski definition) is 1. The van der Waals surface area contributed by atoms with Gasteiger partial charge in [-0.05, 0) is 25.7 Å². The summed E-state index contributed by atoms with van der Waals surface area (Å²) in [6, 6.07) is -0.329. The Balaban J connectivity index is 2.39. The van der Waals surface area contributed by atoms with Gasteiger partial charge >= 0.3 is 0 Å². The second kappa shape index (κ2) is 7.67. The van der Waals surface area contributed by atoms with E-state index in [4.69, 9.17) is 10.5 Å². The second-order valence-corrected chi connectivity index (χ2v) is 4.81. The molecule has 0 bridgehead atoms. The van der Waals surface area contributed by atoms with Gasteiger partial charge in [0.15, 0.2) is 0 Å². The van der Waals surface area contributed by atoms with Crippen molar-refractivity contribution in [1.29, 1.82) is 0 Å². The molecule has 0 spiro atoms. The first-order valence-corrected chi connectivity index (χ1v) is 6.85. The van der Waals surface area contributed by atoms with Crippen LogP contribution in [-0.2, 0) is 9.53 Å². The molecule has 17 heavy (non-hydrogen) atoms. The Labute approximate surface area is 104 Å². The molecular weight excluding hydrogens is 216 g/mol. The normalized spacial score (nSPS) is 22.5. The van der Waals surface area contributed by atoms with Gasteiger partial charge in [-0.15, -0.1) is 0 Å². The summed E-state index contributed by atoms with van der Waals surface area (Å²) >= 11 is 0. The van der Waals surface area contributed by atoms with Crippen LogP contribution in [0.4, 0.5) is 0 Å². The molecule has 4 heteroatoms. The first kappa shape index (κ1) is 14.5. The number of carbonyl (C=O) groups excluding carboxylic acids is 1. The topological polar surface area (TPSA) is 55.6 Å². The fourth-order valence-corrected chi connectivity index (χ4v) is 2.23. The Kier molecular flexibility index (Phi) is 6.52. The summed E-state index contributed by atoms with van der Waals surface area (Å²) in [5.74, 6) is 0.0941. The summed E-state index contributed by atoms with van der Waals surface area (Å²) in [5, 5.41) is 0. The minimum absolute atomic E-state index is 0.0941. The molecule has 0 aromatic heterocycles. The van der Waals surface area contributed by atoms with Gasteiger partial charge in [-0.3, -0.25) is 4.79 Å². The smallest absolute Gasteiger partial charge is 0.239 e. The molecule has 1 aliphatic rings. The zero-order valence-electron chi connectivity index (χ0n) is 11.2. The fraction of sp³-hybridized carbons (Fsp3) is 0.923. The van der Waals surface area contributed by atoms with Crippen molar-refractivity contribution in [2.75, 3.05) is 19.7 Å². The molecule has 0 radical (unpaired) electrons. The lowest BCUT2D eigenvalue weighted by atomic mass is 10.1. The first-order valence-electron chi connectivity index (χ1n) is 6.85. The van der Waals surface area contributed by atoms with E-state index in [1.165, 1.54) is 0 Å². The molecule has 1 unspecified atom stereocenters. The Morgan fingerprint density at radius 2 is 2.24 bits per heavy atom. The fourth-order valence-electron chi connectivity index (χ4n) is 2.23. The SMILES string of the molecule is CCCOC1CCCN(C(=O)[C@@H](N)CCC)C1. The Morgan fingerprint density at radius 1 is 1.47 bits per heavy atom. The average molecular weight is 242 g/mol. The predicted octanol–water partition coefficient (Wildman–Crippen LogP) is 1.53. The lowest BCUT2D eigenvalue weighted by Gasteiger charge is -2.34. The van der Waals surface area contributed by atoms with Gasteiger partial charge in [-0.2, -0.15) is 0 Å². The molecule has 2 N–H and O–H groups in total. The molecule has 2 atom stereocenters. The van der Waals surface area contributed by atoms with Gasteiger partial charge < -0.3 is 15.4 Å². The van der Waals surface area contributed by atoms with Crippen LogP contribution in [0.1, 0.15) is 46.0 Å². The third-order valence-corrected chi connectivity index (χ3v) is 3.16. The number of piperidine rings is 1. The summed E-state index contributed by atoms with van der Waals surface area (Å²) in [6.45, 7) is 6.49. The van der Waals surface area contributed by atoms with E-state index >= 15 is 0 Å². The van der Waals surface area contributed by atoms with Crippen molar-refractivity contribution in [2.45, 2.75) is 58.1 Å². The van der Waals surface area contributed by atoms with Crippen molar-refractivity contribution < 1.29 is 9.53 Å². The van der Waals surface area contributed by atoms with Crippen LogP contribution in [0.25, 0.3) is 0 Å². The van der Waals surface area contributed by atoms with Crippen molar-refractivity contribution in [3.63, 3.8) is 0 Å². The number of likely N-dealkylation sites (tertiary alicyclic amines) is 1. The first-order chi connectivity index (χ1) is 8.19. The van der Waals surface area contributed by atoms with E-state index in [-0.39, 0.29) is 18.1 Å². The van der Waals surface area contributed by atoms with Crippen molar-refractivity contribution in [3.05, 3.63) is 0 Å². The van der Waals surface area contributed by atoms with Crippen LogP contribution in [0.2, 0.25) is 0 Å². The number of ether oxygens (including phenoxy) is 1. The maximum absolute atomic E-state index is 12.1. The monoisotopic (exact) mass is 242 g/mol. The van der Waals surface area contributed by atoms with Crippen LogP contribution in [0.15, 0.2) is 0 Å². The minimum atomic E-state index is -0.329. The van der Waals surface area contributed by atoms with E-state index < -0.39 is 0 Å². The molecule has 0 saturated carbocycles. The zero-order valence-corrected chi connectivity index (χ0v) is 11.2. The highest BCUT2D eigenvalue weighted by Crippen LogP contribution is 2.15. The molecule has 0 aromatic rings. The molecule has 4 nitrogen and oxygen atoms in total. The molecule has 1 aliphatic heterocycles. The maximum atomic E-state index is 12.1. The number of nitrogens with two attached hydrogens (primary N) is 1. The van der Waals surface area contributed by atoms with Crippen LogP contribution < -0.4 is 5.73 Å². The minimum Gasteiger partial charge on any atom is -0.376 e. The molecule has 1 fully saturated rings. The van der Waals surface area contributed by atoms with Crippen LogP contribution in [0.5, 0.6) is 0 Å². The van der Waals surface area contributed by atoms with Crippen molar-refractivity contribution >= 4 is 5.91 Å². The number of rotatable bonds is 6. The zero-order chi connectivity index (χ0) is 12.7. The van der Waals surface area contributed by atoms with Crippen LogP contribution in [0, 0.1) is 0 Å². The van der Waals surface area contributed by atoms with E-state index in [9.17, 15) is 4.79 Å². The molecule has 100 valence electrons. The molecule has 0 aromatic carbocycles. The molecule has 1 heterocycles. The van der Waals surface area contributed by atoms with Crippen molar-refractivity contribution in [3.8, 4) is 0 Å². The number of carbonyl (C=O) groups is 1. The molecule has 1 amide bonds. The van der Waals surface area contributed by atoms with Gasteiger partial charge in [0.05, 0.1) is 12.1 Å². The van der Waals surface area contributed by atoms with Gasteiger partial charge in [0.1, 0.15) is 0 Å². The van der Waals surface area contributed by atoms with Gasteiger partial charge in [0.2, 0.25) is 5.91 Å². The molecule has 1 rings (SSSR count). The van der Waals surface area contributed by atoms with Crippen molar-refractivity contribution in [2.24, 2.45) is 5.73 Å². The molecule has 0 aliphatic carbocycles. The number of hydrogen-bond acceptors (Lipinski definition) is 3. The van der Waals surface area contributed by atoms with Crippen LogP contribution in [-0.4, -0.2) is 42.6 Å². The van der Waals surface area contributed by atoms with E-state index in [2.05, 4.69) is 13.8 Å². The third-order valence-electron chi connectivity index (χ3n) is 3.16. The maximum Gasteiger partial charge on any atom is 0.239 e.